The zero-order valence-corrected chi connectivity index (χ0v) is 11.1. The predicted octanol–water partition coefficient (Wildman–Crippen LogP) is 1.84. The summed E-state index contributed by atoms with van der Waals surface area (Å²) in [7, 11) is 1.43. The number of likely N-dealkylation sites (N-methyl/N-ethyl adjacent to an activating group) is 1. The van der Waals surface area contributed by atoms with E-state index in [0.717, 1.165) is 23.4 Å². The molecule has 0 radical (unpaired) electrons. The van der Waals surface area contributed by atoms with E-state index < -0.39 is 5.97 Å². The number of aromatic nitrogens is 1. The minimum Gasteiger partial charge on any atom is -0.480 e. The summed E-state index contributed by atoms with van der Waals surface area (Å²) in [6.07, 6.45) is 1.62. The number of carbonyl (C=O) groups is 2. The third-order valence-electron chi connectivity index (χ3n) is 2.32. The van der Waals surface area contributed by atoms with E-state index in [1.807, 2.05) is 6.92 Å². The molecule has 1 aromatic heterocycles. The summed E-state index contributed by atoms with van der Waals surface area (Å²) in [6.45, 7) is 1.66. The molecule has 0 saturated carbocycles. The van der Waals surface area contributed by atoms with Gasteiger partial charge in [-0.25, -0.2) is 4.98 Å². The fourth-order valence-electron chi connectivity index (χ4n) is 1.55. The molecule has 0 aliphatic heterocycles. The van der Waals surface area contributed by atoms with Gasteiger partial charge >= 0.3 is 5.97 Å². The first-order valence-electron chi connectivity index (χ1n) is 5.57. The molecule has 1 amide bonds. The number of carboxylic acid groups (broad SMARTS) is 1. The number of aliphatic carboxylic acids is 1. The van der Waals surface area contributed by atoms with Gasteiger partial charge in [0.05, 0.1) is 0 Å². The molecular weight excluding hydrogens is 256 g/mol. The first kappa shape index (κ1) is 14.4. The van der Waals surface area contributed by atoms with Gasteiger partial charge in [-0.1, -0.05) is 24.9 Å². The number of hydrogen-bond donors (Lipinski definition) is 1. The molecule has 1 N–H and O–H groups in total. The van der Waals surface area contributed by atoms with E-state index >= 15 is 0 Å². The Kier molecular flexibility index (Phi) is 5.09. The number of amides is 1. The van der Waals surface area contributed by atoms with E-state index in [2.05, 4.69) is 4.98 Å². The quantitative estimate of drug-likeness (QED) is 0.829. The van der Waals surface area contributed by atoms with E-state index in [0.29, 0.717) is 5.56 Å². The Balaban J connectivity index is 2.94. The highest BCUT2D eigenvalue weighted by molar-refractivity contribution is 6.29. The Labute approximate surface area is 110 Å². The SMILES string of the molecule is CCCc1cc(C(=O)N(C)CC(=O)O)cc(Cl)n1. The van der Waals surface area contributed by atoms with Gasteiger partial charge in [0.25, 0.3) is 5.91 Å². The molecule has 6 heteroatoms. The maximum absolute atomic E-state index is 12.0. The molecule has 1 heterocycles. The highest BCUT2D eigenvalue weighted by atomic mass is 35.5. The summed E-state index contributed by atoms with van der Waals surface area (Å²) >= 11 is 5.84. The van der Waals surface area contributed by atoms with E-state index in [-0.39, 0.29) is 17.6 Å². The van der Waals surface area contributed by atoms with Gasteiger partial charge in [0.2, 0.25) is 0 Å². The molecule has 18 heavy (non-hydrogen) atoms. The van der Waals surface area contributed by atoms with Crippen molar-refractivity contribution in [3.05, 3.63) is 28.5 Å². The number of aryl methyl sites for hydroxylation is 1. The second-order valence-electron chi connectivity index (χ2n) is 3.97. The Hall–Kier alpha value is -1.62. The second kappa shape index (κ2) is 6.35. The molecule has 5 nitrogen and oxygen atoms in total. The van der Waals surface area contributed by atoms with Crippen LogP contribution in [0.1, 0.15) is 29.4 Å². The molecule has 0 aromatic carbocycles. The highest BCUT2D eigenvalue weighted by Crippen LogP contribution is 2.14. The van der Waals surface area contributed by atoms with Gasteiger partial charge in [0.1, 0.15) is 11.7 Å². The van der Waals surface area contributed by atoms with Gasteiger partial charge in [0.15, 0.2) is 0 Å². The number of rotatable bonds is 5. The van der Waals surface area contributed by atoms with Gasteiger partial charge in [-0.05, 0) is 18.6 Å². The number of halogens is 1. The molecule has 0 saturated heterocycles. The molecule has 0 aliphatic rings. The van der Waals surface area contributed by atoms with E-state index in [1.54, 1.807) is 6.07 Å². The number of hydrogen-bond acceptors (Lipinski definition) is 3. The summed E-state index contributed by atoms with van der Waals surface area (Å²) in [5, 5.41) is 8.88. The average molecular weight is 271 g/mol. The molecule has 0 bridgehead atoms. The Morgan fingerprint density at radius 1 is 1.44 bits per heavy atom. The van der Waals surface area contributed by atoms with Gasteiger partial charge in [-0.15, -0.1) is 0 Å². The maximum Gasteiger partial charge on any atom is 0.323 e. The molecule has 0 unspecified atom stereocenters. The minimum absolute atomic E-state index is 0.244. The Bertz CT molecular complexity index is 463. The lowest BCUT2D eigenvalue weighted by atomic mass is 10.1. The van der Waals surface area contributed by atoms with Crippen LogP contribution < -0.4 is 0 Å². The normalized spacial score (nSPS) is 10.2. The number of carbonyl (C=O) groups excluding carboxylic acids is 1. The van der Waals surface area contributed by atoms with Crippen LogP contribution in [0.25, 0.3) is 0 Å². The van der Waals surface area contributed by atoms with Crippen LogP contribution >= 0.6 is 11.6 Å². The zero-order valence-electron chi connectivity index (χ0n) is 10.3. The van der Waals surface area contributed by atoms with Gasteiger partial charge in [-0.2, -0.15) is 0 Å². The zero-order chi connectivity index (χ0) is 13.7. The molecule has 1 rings (SSSR count). The second-order valence-corrected chi connectivity index (χ2v) is 4.36. The summed E-state index contributed by atoms with van der Waals surface area (Å²) in [4.78, 5) is 27.7. The van der Waals surface area contributed by atoms with Crippen molar-refractivity contribution in [1.29, 1.82) is 0 Å². The lowest BCUT2D eigenvalue weighted by Crippen LogP contribution is -2.32. The third-order valence-corrected chi connectivity index (χ3v) is 2.51. The smallest absolute Gasteiger partial charge is 0.323 e. The monoisotopic (exact) mass is 270 g/mol. The fraction of sp³-hybridized carbons (Fsp3) is 0.417. The summed E-state index contributed by atoms with van der Waals surface area (Å²) < 4.78 is 0. The summed E-state index contributed by atoms with van der Waals surface area (Å²) in [5.41, 5.74) is 1.10. The molecule has 98 valence electrons. The van der Waals surface area contributed by atoms with Crippen LogP contribution in [-0.2, 0) is 11.2 Å². The van der Waals surface area contributed by atoms with Crippen LogP contribution in [0.2, 0.25) is 5.15 Å². The first-order chi connectivity index (χ1) is 8.43. The maximum atomic E-state index is 12.0. The largest absolute Gasteiger partial charge is 0.480 e. The van der Waals surface area contributed by atoms with Gasteiger partial charge < -0.3 is 10.0 Å². The van der Waals surface area contributed by atoms with Crippen LogP contribution in [0, 0.1) is 0 Å². The van der Waals surface area contributed by atoms with Crippen molar-refractivity contribution in [3.8, 4) is 0 Å². The van der Waals surface area contributed by atoms with Crippen molar-refractivity contribution >= 4 is 23.5 Å². The van der Waals surface area contributed by atoms with Crippen LogP contribution in [0.4, 0.5) is 0 Å². The van der Waals surface area contributed by atoms with Gasteiger partial charge in [-0.3, -0.25) is 9.59 Å². The van der Waals surface area contributed by atoms with Crippen molar-refractivity contribution in [2.75, 3.05) is 13.6 Å². The summed E-state index contributed by atoms with van der Waals surface area (Å²) in [6, 6.07) is 3.09. The molecule has 0 spiro atoms. The van der Waals surface area contributed by atoms with Crippen LogP contribution in [0.3, 0.4) is 0 Å². The Morgan fingerprint density at radius 3 is 2.67 bits per heavy atom. The van der Waals surface area contributed by atoms with Crippen molar-refractivity contribution in [2.45, 2.75) is 19.8 Å². The lowest BCUT2D eigenvalue weighted by molar-refractivity contribution is -0.137. The Morgan fingerprint density at radius 2 is 2.11 bits per heavy atom. The lowest BCUT2D eigenvalue weighted by Gasteiger charge is -2.15. The van der Waals surface area contributed by atoms with E-state index in [1.165, 1.54) is 13.1 Å². The molecule has 0 aliphatic carbocycles. The van der Waals surface area contributed by atoms with E-state index in [4.69, 9.17) is 16.7 Å². The highest BCUT2D eigenvalue weighted by Gasteiger charge is 2.15. The van der Waals surface area contributed by atoms with Gasteiger partial charge in [0, 0.05) is 18.3 Å². The minimum atomic E-state index is -1.06. The van der Waals surface area contributed by atoms with E-state index in [9.17, 15) is 9.59 Å². The van der Waals surface area contributed by atoms with Crippen LogP contribution in [-0.4, -0.2) is 40.5 Å². The number of nitrogens with zero attached hydrogens (tertiary/aromatic N) is 2. The van der Waals surface area contributed by atoms with Crippen molar-refractivity contribution in [3.63, 3.8) is 0 Å². The topological polar surface area (TPSA) is 70.5 Å². The number of carboxylic acids is 1. The third kappa shape index (κ3) is 4.00. The fourth-order valence-corrected chi connectivity index (χ4v) is 1.78. The first-order valence-corrected chi connectivity index (χ1v) is 5.95. The molecular formula is C12H15ClN2O3. The summed E-state index contributed by atoms with van der Waals surface area (Å²) in [5.74, 6) is -1.43. The predicted molar refractivity (Wildman–Crippen MR) is 67.8 cm³/mol. The molecule has 0 atom stereocenters. The standard InChI is InChI=1S/C12H15ClN2O3/c1-3-4-9-5-8(6-10(13)14-9)12(18)15(2)7-11(16)17/h5-6H,3-4,7H2,1-2H3,(H,16,17). The van der Waals surface area contributed by atoms with Crippen molar-refractivity contribution < 1.29 is 14.7 Å². The van der Waals surface area contributed by atoms with Crippen molar-refractivity contribution in [2.24, 2.45) is 0 Å². The van der Waals surface area contributed by atoms with Crippen LogP contribution in [0.5, 0.6) is 0 Å². The van der Waals surface area contributed by atoms with Crippen molar-refractivity contribution in [1.82, 2.24) is 9.88 Å². The number of pyridine rings is 1. The molecule has 0 fully saturated rings. The molecule has 1 aromatic rings. The van der Waals surface area contributed by atoms with Crippen LogP contribution in [0.15, 0.2) is 12.1 Å². The average Bonchev–Trinajstić information content (AvgIpc) is 2.26.